The second-order valence-electron chi connectivity index (χ2n) is 23.9. The third-order valence-corrected chi connectivity index (χ3v) is 13.2. The molecule has 414 valence electrons. The maximum Gasteiger partial charge on any atom is 0.410 e. The second-order valence-corrected chi connectivity index (χ2v) is 23.9. The Bertz CT molecular complexity index is 2360. The third kappa shape index (κ3) is 20.0. The van der Waals surface area contributed by atoms with Gasteiger partial charge in [-0.15, -0.1) is 0 Å². The number of nitrogens with one attached hydrogen (secondary N) is 2. The Hall–Kier alpha value is -5.85. The largest absolute Gasteiger partial charge is 0.444 e. The Morgan fingerprint density at radius 2 is 1.13 bits per heavy atom. The van der Waals surface area contributed by atoms with E-state index in [1.807, 2.05) is 41.5 Å². The average molecular weight is 1040 g/mol. The molecule has 0 saturated carbocycles. The van der Waals surface area contributed by atoms with E-state index in [1.54, 1.807) is 30.6 Å². The number of fused-ring (bicyclic) bond motifs is 2. The second kappa shape index (κ2) is 28.3. The van der Waals surface area contributed by atoms with Crippen LogP contribution in [0.4, 0.5) is 25.8 Å². The van der Waals surface area contributed by atoms with E-state index in [4.69, 9.17) is 14.2 Å². The lowest BCUT2D eigenvalue weighted by atomic mass is 9.81. The van der Waals surface area contributed by atoms with Crippen LogP contribution in [0.1, 0.15) is 172 Å². The molecule has 0 radical (unpaired) electrons. The van der Waals surface area contributed by atoms with E-state index in [-0.39, 0.29) is 16.7 Å². The van der Waals surface area contributed by atoms with Crippen molar-refractivity contribution < 1.29 is 38.0 Å². The Kier molecular flexibility index (Phi) is 23.3. The standard InChI is InChI=1S/C62H94N6O7/c1-15-16-46-67-50-35-26-24-33-48(50)61(11,12)52(67)37-21-18-17-19-22-38-53-62(13,14)49-34-25-27-36-51(49)68(53)47-28-20-23-39-54(69)63-40-31-44-65(56(71)74-59(5,6)7)42-29-30-43-66(57(72)75-60(8,9)10)45-32-41-64-55(70)73-58(2,3)4/h17-19,21-22,24-27,33-38H,15-16,20,23,28-32,39-47H2,1-14H3,(H-,63,64,69,70)/p+1. The molecule has 0 fully saturated rings. The van der Waals surface area contributed by atoms with E-state index in [1.165, 1.54) is 33.9 Å². The van der Waals surface area contributed by atoms with Gasteiger partial charge in [0.25, 0.3) is 0 Å². The van der Waals surface area contributed by atoms with Crippen LogP contribution in [-0.2, 0) is 29.8 Å². The molecular weight excluding hydrogens is 941 g/mol. The Morgan fingerprint density at radius 3 is 1.73 bits per heavy atom. The summed E-state index contributed by atoms with van der Waals surface area (Å²) >= 11 is 0. The van der Waals surface area contributed by atoms with E-state index >= 15 is 0 Å². The molecule has 2 aliphatic heterocycles. The van der Waals surface area contributed by atoms with Gasteiger partial charge in [-0.25, -0.2) is 14.4 Å². The predicted octanol–water partition coefficient (Wildman–Crippen LogP) is 13.4. The van der Waals surface area contributed by atoms with Crippen LogP contribution in [-0.4, -0.2) is 113 Å². The number of nitrogens with zero attached hydrogens (tertiary/aromatic N) is 4. The van der Waals surface area contributed by atoms with Crippen LogP contribution in [0.3, 0.4) is 0 Å². The smallest absolute Gasteiger partial charge is 0.410 e. The van der Waals surface area contributed by atoms with Crippen molar-refractivity contribution in [2.24, 2.45) is 0 Å². The van der Waals surface area contributed by atoms with Gasteiger partial charge in [0.05, 0.1) is 5.41 Å². The van der Waals surface area contributed by atoms with Crippen LogP contribution in [0.25, 0.3) is 0 Å². The molecule has 0 bridgehead atoms. The lowest BCUT2D eigenvalue weighted by molar-refractivity contribution is -0.438. The van der Waals surface area contributed by atoms with Gasteiger partial charge in [-0.1, -0.05) is 94.0 Å². The first kappa shape index (κ1) is 61.7. The first-order valence-electron chi connectivity index (χ1n) is 27.8. The first-order valence-corrected chi connectivity index (χ1v) is 27.8. The fraction of sp³-hybridized carbons (Fsp3) is 0.597. The van der Waals surface area contributed by atoms with Crippen LogP contribution in [0.15, 0.2) is 96.8 Å². The van der Waals surface area contributed by atoms with Crippen LogP contribution < -0.4 is 15.5 Å². The number of rotatable bonds is 26. The van der Waals surface area contributed by atoms with E-state index < -0.39 is 35.1 Å². The maximum absolute atomic E-state index is 13.3. The monoisotopic (exact) mass is 1040 g/mol. The summed E-state index contributed by atoms with van der Waals surface area (Å²) in [6.45, 7) is 32.2. The Morgan fingerprint density at radius 1 is 0.600 bits per heavy atom. The highest BCUT2D eigenvalue weighted by atomic mass is 16.6. The van der Waals surface area contributed by atoms with Crippen molar-refractivity contribution in [2.75, 3.05) is 57.3 Å². The summed E-state index contributed by atoms with van der Waals surface area (Å²) in [6, 6.07) is 17.5. The number of allylic oxidation sites excluding steroid dienone is 8. The fourth-order valence-electron chi connectivity index (χ4n) is 9.51. The zero-order valence-electron chi connectivity index (χ0n) is 48.5. The molecule has 2 N–H and O–H groups in total. The van der Waals surface area contributed by atoms with E-state index in [2.05, 4.69) is 146 Å². The Labute approximate surface area is 451 Å². The van der Waals surface area contributed by atoms with E-state index in [9.17, 15) is 19.2 Å². The van der Waals surface area contributed by atoms with Crippen molar-refractivity contribution in [3.63, 3.8) is 0 Å². The topological polar surface area (TPSA) is 133 Å². The number of anilines is 1. The first-order chi connectivity index (χ1) is 35.2. The SMILES string of the molecule is CCCCN1C(=CC=CC=CC=CC2=[N+](CCCCCC(=O)NCCCN(CCCCN(CCCNC(=O)OC(C)(C)C)C(=O)OC(C)(C)C)C(=O)OC(C)(C)C)c3ccccc3C2(C)C)C(C)(C)c2ccccc21. The molecule has 0 saturated heterocycles. The quantitative estimate of drug-likeness (QED) is 0.0412. The number of unbranched alkanes of at least 4 members (excludes halogenated alkanes) is 4. The molecule has 4 rings (SSSR count). The predicted molar refractivity (Wildman–Crippen MR) is 306 cm³/mol. The molecule has 75 heavy (non-hydrogen) atoms. The van der Waals surface area contributed by atoms with Crippen molar-refractivity contribution in [1.82, 2.24) is 20.4 Å². The number of benzene rings is 2. The molecule has 13 heteroatoms. The summed E-state index contributed by atoms with van der Waals surface area (Å²) < 4.78 is 19.2. The van der Waals surface area contributed by atoms with Crippen molar-refractivity contribution in [3.8, 4) is 0 Å². The third-order valence-electron chi connectivity index (χ3n) is 13.2. The van der Waals surface area contributed by atoms with Gasteiger partial charge in [0.1, 0.15) is 23.3 Å². The number of alkyl carbamates (subject to hydrolysis) is 1. The van der Waals surface area contributed by atoms with Gasteiger partial charge in [-0.3, -0.25) is 4.79 Å². The van der Waals surface area contributed by atoms with E-state index in [0.717, 1.165) is 45.2 Å². The minimum atomic E-state index is -0.666. The lowest BCUT2D eigenvalue weighted by Gasteiger charge is -2.29. The average Bonchev–Trinajstić information content (AvgIpc) is 3.66. The molecule has 2 heterocycles. The molecule has 0 aliphatic carbocycles. The summed E-state index contributed by atoms with van der Waals surface area (Å²) in [6.07, 6.45) is 21.6. The van der Waals surface area contributed by atoms with Gasteiger partial charge < -0.3 is 39.5 Å². The van der Waals surface area contributed by atoms with Gasteiger partial charge >= 0.3 is 18.3 Å². The molecule has 2 aromatic carbocycles. The summed E-state index contributed by atoms with van der Waals surface area (Å²) in [5, 5.41) is 5.81. The zero-order valence-corrected chi connectivity index (χ0v) is 48.5. The zero-order chi connectivity index (χ0) is 55.5. The van der Waals surface area contributed by atoms with Gasteiger partial charge in [0.15, 0.2) is 5.71 Å². The number of carbonyl (C=O) groups is 4. The summed E-state index contributed by atoms with van der Waals surface area (Å²) in [5.74, 6) is 0.00748. The highest BCUT2D eigenvalue weighted by molar-refractivity contribution is 6.03. The van der Waals surface area contributed by atoms with Crippen molar-refractivity contribution in [1.29, 1.82) is 0 Å². The molecule has 13 nitrogen and oxygen atoms in total. The van der Waals surface area contributed by atoms with Crippen molar-refractivity contribution >= 4 is 41.3 Å². The van der Waals surface area contributed by atoms with E-state index in [0.29, 0.717) is 71.4 Å². The number of ether oxygens (including phenoxy) is 3. The molecule has 2 aliphatic rings. The van der Waals surface area contributed by atoms with Gasteiger partial charge in [-0.2, -0.15) is 4.58 Å². The highest BCUT2D eigenvalue weighted by Crippen LogP contribution is 2.47. The normalized spacial score (nSPS) is 15.7. The molecule has 0 aromatic heterocycles. The fourth-order valence-corrected chi connectivity index (χ4v) is 9.51. The number of para-hydroxylation sites is 2. The highest BCUT2D eigenvalue weighted by Gasteiger charge is 2.44. The summed E-state index contributed by atoms with van der Waals surface area (Å²) in [5.41, 5.74) is 5.73. The van der Waals surface area contributed by atoms with Gasteiger partial charge in [0, 0.05) is 93.2 Å². The van der Waals surface area contributed by atoms with Crippen LogP contribution in [0, 0.1) is 0 Å². The minimum absolute atomic E-state index is 0.00748. The molecule has 0 unspecified atom stereocenters. The molecule has 4 amide bonds. The maximum atomic E-state index is 13.3. The number of carbonyl (C=O) groups excluding carboxylic acids is 4. The molecule has 0 spiro atoms. The summed E-state index contributed by atoms with van der Waals surface area (Å²) in [4.78, 5) is 57.4. The van der Waals surface area contributed by atoms with Crippen molar-refractivity contribution in [3.05, 3.63) is 108 Å². The lowest BCUT2D eigenvalue weighted by Crippen LogP contribution is -2.40. The Balaban J connectivity index is 1.26. The number of hydrogen-bond donors (Lipinski definition) is 2. The molecule has 2 aromatic rings. The van der Waals surface area contributed by atoms with Crippen LogP contribution in [0.2, 0.25) is 0 Å². The molecular formula is C62H95N6O7+. The number of amides is 4. The van der Waals surface area contributed by atoms with Crippen molar-refractivity contribution in [2.45, 2.75) is 189 Å². The number of hydrogen-bond acceptors (Lipinski definition) is 8. The minimum Gasteiger partial charge on any atom is -0.444 e. The van der Waals surface area contributed by atoms with Gasteiger partial charge in [-0.05, 0) is 139 Å². The van der Waals surface area contributed by atoms with Crippen LogP contribution in [0.5, 0.6) is 0 Å². The summed E-state index contributed by atoms with van der Waals surface area (Å²) in [7, 11) is 0. The van der Waals surface area contributed by atoms with Gasteiger partial charge in [0.2, 0.25) is 11.6 Å². The van der Waals surface area contributed by atoms with Crippen LogP contribution >= 0.6 is 0 Å². The molecule has 0 atom stereocenters.